The first-order valence-corrected chi connectivity index (χ1v) is 8.34. The molecule has 110 valence electrons. The fourth-order valence-electron chi connectivity index (χ4n) is 3.47. The zero-order valence-corrected chi connectivity index (χ0v) is 12.5. The van der Waals surface area contributed by atoms with Crippen molar-refractivity contribution in [3.8, 4) is 0 Å². The molecule has 2 fully saturated rings. The van der Waals surface area contributed by atoms with Crippen LogP contribution < -0.4 is 5.32 Å². The molecule has 0 bridgehead atoms. The molecule has 0 spiro atoms. The zero-order valence-electron chi connectivity index (χ0n) is 11.6. The van der Waals surface area contributed by atoms with Gasteiger partial charge in [-0.15, -0.1) is 0 Å². The zero-order chi connectivity index (χ0) is 14.5. The van der Waals surface area contributed by atoms with Gasteiger partial charge in [0.25, 0.3) is 0 Å². The standard InChI is InChI=1S/C14H19FN2O2S/c1-9-5-12(15)3-4-14(9)20(18,19)17-8-11-6-16-7-13(11)10(17)2/h3-5,10-11,13,16H,6-8H2,1-2H3. The maximum Gasteiger partial charge on any atom is 0.243 e. The number of fused-ring (bicyclic) bond motifs is 1. The van der Waals surface area contributed by atoms with Gasteiger partial charge in [0.1, 0.15) is 5.82 Å². The van der Waals surface area contributed by atoms with Gasteiger partial charge in [0.15, 0.2) is 0 Å². The largest absolute Gasteiger partial charge is 0.316 e. The van der Waals surface area contributed by atoms with Gasteiger partial charge in [-0.1, -0.05) is 0 Å². The lowest BCUT2D eigenvalue weighted by atomic mass is 9.95. The van der Waals surface area contributed by atoms with Crippen LogP contribution in [-0.4, -0.2) is 38.4 Å². The second kappa shape index (κ2) is 4.79. The van der Waals surface area contributed by atoms with Crippen LogP contribution in [-0.2, 0) is 10.0 Å². The molecule has 1 aromatic carbocycles. The molecule has 3 unspecified atom stereocenters. The third-order valence-electron chi connectivity index (χ3n) is 4.60. The van der Waals surface area contributed by atoms with Gasteiger partial charge in [-0.3, -0.25) is 0 Å². The van der Waals surface area contributed by atoms with Gasteiger partial charge in [0.2, 0.25) is 10.0 Å². The average Bonchev–Trinajstić information content (AvgIpc) is 2.92. The summed E-state index contributed by atoms with van der Waals surface area (Å²) in [6.07, 6.45) is 0. The Hall–Kier alpha value is -0.980. The molecule has 2 aliphatic rings. The van der Waals surface area contributed by atoms with Crippen LogP contribution in [0.25, 0.3) is 0 Å². The number of halogens is 1. The first-order valence-electron chi connectivity index (χ1n) is 6.90. The van der Waals surface area contributed by atoms with Gasteiger partial charge >= 0.3 is 0 Å². The van der Waals surface area contributed by atoms with E-state index in [1.165, 1.54) is 18.2 Å². The summed E-state index contributed by atoms with van der Waals surface area (Å²) in [4.78, 5) is 0.221. The Balaban J connectivity index is 1.96. The van der Waals surface area contributed by atoms with E-state index in [1.54, 1.807) is 11.2 Å². The van der Waals surface area contributed by atoms with Crippen molar-refractivity contribution < 1.29 is 12.8 Å². The molecule has 6 heteroatoms. The van der Waals surface area contributed by atoms with E-state index in [-0.39, 0.29) is 10.9 Å². The summed E-state index contributed by atoms with van der Waals surface area (Å²) < 4.78 is 40.3. The lowest BCUT2D eigenvalue weighted by molar-refractivity contribution is 0.360. The summed E-state index contributed by atoms with van der Waals surface area (Å²) in [6, 6.07) is 3.85. The highest BCUT2D eigenvalue weighted by Gasteiger charge is 2.47. The highest BCUT2D eigenvalue weighted by Crippen LogP contribution is 2.36. The predicted octanol–water partition coefficient (Wildman–Crippen LogP) is 1.36. The molecular formula is C14H19FN2O2S. The highest BCUT2D eigenvalue weighted by atomic mass is 32.2. The monoisotopic (exact) mass is 298 g/mol. The SMILES string of the molecule is Cc1cc(F)ccc1S(=O)(=O)N1CC2CNCC2C1C. The van der Waals surface area contributed by atoms with E-state index in [0.29, 0.717) is 23.9 Å². The molecule has 4 nitrogen and oxygen atoms in total. The van der Waals surface area contributed by atoms with Crippen LogP contribution in [0.4, 0.5) is 4.39 Å². The quantitative estimate of drug-likeness (QED) is 0.897. The number of nitrogens with zero attached hydrogens (tertiary/aromatic N) is 1. The molecule has 2 heterocycles. The van der Waals surface area contributed by atoms with Gasteiger partial charge < -0.3 is 5.32 Å². The predicted molar refractivity (Wildman–Crippen MR) is 74.3 cm³/mol. The Kier molecular flexibility index (Phi) is 3.35. The maximum atomic E-state index is 13.2. The molecule has 3 rings (SSSR count). The van der Waals surface area contributed by atoms with Gasteiger partial charge in [-0.2, -0.15) is 4.31 Å². The first-order chi connectivity index (χ1) is 9.41. The molecular weight excluding hydrogens is 279 g/mol. The minimum atomic E-state index is -3.54. The fourth-order valence-corrected chi connectivity index (χ4v) is 5.41. The van der Waals surface area contributed by atoms with Crippen molar-refractivity contribution in [2.45, 2.75) is 24.8 Å². The van der Waals surface area contributed by atoms with Crippen molar-refractivity contribution in [3.05, 3.63) is 29.6 Å². The van der Waals surface area contributed by atoms with Crippen molar-refractivity contribution in [1.82, 2.24) is 9.62 Å². The summed E-state index contributed by atoms with van der Waals surface area (Å²) in [7, 11) is -3.54. The summed E-state index contributed by atoms with van der Waals surface area (Å²) in [5.74, 6) is 0.364. The molecule has 3 atom stereocenters. The number of sulfonamides is 1. The molecule has 0 saturated carbocycles. The molecule has 0 aromatic heterocycles. The second-order valence-corrected chi connectivity index (χ2v) is 7.67. The van der Waals surface area contributed by atoms with Gasteiger partial charge in [0, 0.05) is 12.6 Å². The van der Waals surface area contributed by atoms with Crippen molar-refractivity contribution in [2.24, 2.45) is 11.8 Å². The van der Waals surface area contributed by atoms with E-state index in [2.05, 4.69) is 5.32 Å². The summed E-state index contributed by atoms with van der Waals surface area (Å²) in [5.41, 5.74) is 0.465. The Morgan fingerprint density at radius 2 is 2.10 bits per heavy atom. The minimum absolute atomic E-state index is 0.00977. The van der Waals surface area contributed by atoms with E-state index < -0.39 is 15.8 Å². The van der Waals surface area contributed by atoms with Crippen molar-refractivity contribution in [2.75, 3.05) is 19.6 Å². The van der Waals surface area contributed by atoms with E-state index in [4.69, 9.17) is 0 Å². The number of benzene rings is 1. The van der Waals surface area contributed by atoms with Crippen LogP contribution in [0.15, 0.2) is 23.1 Å². The first kappa shape index (κ1) is 14.0. The third kappa shape index (κ3) is 2.06. The molecule has 0 aliphatic carbocycles. The summed E-state index contributed by atoms with van der Waals surface area (Å²) >= 11 is 0. The van der Waals surface area contributed by atoms with Crippen molar-refractivity contribution >= 4 is 10.0 Å². The highest BCUT2D eigenvalue weighted by molar-refractivity contribution is 7.89. The van der Waals surface area contributed by atoms with E-state index in [9.17, 15) is 12.8 Å². The number of nitrogens with one attached hydrogen (secondary N) is 1. The van der Waals surface area contributed by atoms with Crippen LogP contribution in [0.1, 0.15) is 12.5 Å². The van der Waals surface area contributed by atoms with Crippen LogP contribution in [0.2, 0.25) is 0 Å². The number of hydrogen-bond donors (Lipinski definition) is 1. The van der Waals surface area contributed by atoms with E-state index >= 15 is 0 Å². The van der Waals surface area contributed by atoms with Gasteiger partial charge in [-0.25, -0.2) is 12.8 Å². The van der Waals surface area contributed by atoms with Crippen LogP contribution in [0.5, 0.6) is 0 Å². The molecule has 20 heavy (non-hydrogen) atoms. The lowest BCUT2D eigenvalue weighted by Gasteiger charge is -2.24. The molecule has 2 aliphatic heterocycles. The van der Waals surface area contributed by atoms with Crippen LogP contribution >= 0.6 is 0 Å². The van der Waals surface area contributed by atoms with E-state index in [0.717, 1.165) is 13.1 Å². The Morgan fingerprint density at radius 3 is 2.75 bits per heavy atom. The molecule has 0 radical (unpaired) electrons. The topological polar surface area (TPSA) is 49.4 Å². The molecule has 2 saturated heterocycles. The van der Waals surface area contributed by atoms with Gasteiger partial charge in [0.05, 0.1) is 4.90 Å². The number of hydrogen-bond acceptors (Lipinski definition) is 3. The minimum Gasteiger partial charge on any atom is -0.316 e. The summed E-state index contributed by atoms with van der Waals surface area (Å²) in [5, 5.41) is 3.31. The van der Waals surface area contributed by atoms with Crippen molar-refractivity contribution in [1.29, 1.82) is 0 Å². The Bertz CT molecular complexity index is 632. The molecule has 0 amide bonds. The third-order valence-corrected chi connectivity index (χ3v) is 6.72. The summed E-state index contributed by atoms with van der Waals surface area (Å²) in [6.45, 7) is 5.91. The van der Waals surface area contributed by atoms with Crippen LogP contribution in [0.3, 0.4) is 0 Å². The maximum absolute atomic E-state index is 13.2. The van der Waals surface area contributed by atoms with E-state index in [1.807, 2.05) is 6.92 Å². The second-order valence-electron chi connectivity index (χ2n) is 5.81. The number of rotatable bonds is 2. The van der Waals surface area contributed by atoms with Crippen molar-refractivity contribution in [3.63, 3.8) is 0 Å². The molecule has 1 aromatic rings. The Labute approximate surface area is 119 Å². The van der Waals surface area contributed by atoms with Crippen LogP contribution in [0, 0.1) is 24.6 Å². The normalized spacial score (nSPS) is 30.6. The molecule has 1 N–H and O–H groups in total. The fraction of sp³-hybridized carbons (Fsp3) is 0.571. The smallest absolute Gasteiger partial charge is 0.243 e. The van der Waals surface area contributed by atoms with Gasteiger partial charge in [-0.05, 0) is 62.5 Å². The average molecular weight is 298 g/mol. The number of aryl methyl sites for hydroxylation is 1. The Morgan fingerprint density at radius 1 is 1.35 bits per heavy atom. The lowest BCUT2D eigenvalue weighted by Crippen LogP contribution is -2.38.